The van der Waals surface area contributed by atoms with E-state index in [1.165, 1.54) is 0 Å². The Balaban J connectivity index is 0.00000225. The third-order valence-electron chi connectivity index (χ3n) is 4.47. The molecule has 0 saturated carbocycles. The summed E-state index contributed by atoms with van der Waals surface area (Å²) in [5.41, 5.74) is 6.92. The van der Waals surface area contributed by atoms with E-state index in [9.17, 15) is 9.59 Å². The predicted octanol–water partition coefficient (Wildman–Crippen LogP) is 1.69. The van der Waals surface area contributed by atoms with Crippen LogP contribution in [0.25, 0.3) is 0 Å². The summed E-state index contributed by atoms with van der Waals surface area (Å²) in [5, 5.41) is 2.84. The SMILES string of the molecule is COc1cc(NC(=O)[C@@H]2CC[C@H](CN)O2)ccc1N1CCCC1=O.Cl. The molecule has 0 bridgehead atoms. The summed E-state index contributed by atoms with van der Waals surface area (Å²) < 4.78 is 11.0. The molecule has 3 rings (SSSR count). The Kier molecular flexibility index (Phi) is 6.64. The number of halogens is 1. The van der Waals surface area contributed by atoms with Crippen molar-refractivity contribution in [3.05, 3.63) is 18.2 Å². The number of hydrogen-bond donors (Lipinski definition) is 2. The summed E-state index contributed by atoms with van der Waals surface area (Å²) in [7, 11) is 1.55. The molecule has 2 aliphatic rings. The maximum atomic E-state index is 12.3. The van der Waals surface area contributed by atoms with Crippen molar-refractivity contribution in [1.82, 2.24) is 0 Å². The van der Waals surface area contributed by atoms with Gasteiger partial charge in [-0.2, -0.15) is 0 Å². The van der Waals surface area contributed by atoms with Gasteiger partial charge in [-0.25, -0.2) is 0 Å². The Morgan fingerprint density at radius 3 is 2.84 bits per heavy atom. The first-order valence-electron chi connectivity index (χ1n) is 8.27. The molecule has 138 valence electrons. The van der Waals surface area contributed by atoms with Gasteiger partial charge in [-0.05, 0) is 31.4 Å². The van der Waals surface area contributed by atoms with E-state index in [1.54, 1.807) is 30.2 Å². The molecule has 0 aromatic heterocycles. The van der Waals surface area contributed by atoms with Crippen molar-refractivity contribution in [1.29, 1.82) is 0 Å². The van der Waals surface area contributed by atoms with Gasteiger partial charge in [0.2, 0.25) is 5.91 Å². The van der Waals surface area contributed by atoms with Crippen LogP contribution in [-0.2, 0) is 14.3 Å². The van der Waals surface area contributed by atoms with Gasteiger partial charge < -0.3 is 25.4 Å². The molecule has 2 saturated heterocycles. The maximum Gasteiger partial charge on any atom is 0.253 e. The Bertz CT molecular complexity index is 640. The fourth-order valence-electron chi connectivity index (χ4n) is 3.18. The number of carbonyl (C=O) groups excluding carboxylic acids is 2. The molecule has 0 aliphatic carbocycles. The lowest BCUT2D eigenvalue weighted by Gasteiger charge is -2.20. The second-order valence-electron chi connectivity index (χ2n) is 6.08. The highest BCUT2D eigenvalue weighted by Gasteiger charge is 2.30. The second kappa shape index (κ2) is 8.51. The first-order chi connectivity index (χ1) is 11.6. The van der Waals surface area contributed by atoms with Gasteiger partial charge in [0.25, 0.3) is 5.91 Å². The number of nitrogens with zero attached hydrogens (tertiary/aromatic N) is 1. The van der Waals surface area contributed by atoms with Gasteiger partial charge in [0.05, 0.1) is 18.9 Å². The van der Waals surface area contributed by atoms with Crippen LogP contribution in [0.5, 0.6) is 5.75 Å². The molecular weight excluding hydrogens is 346 g/mol. The summed E-state index contributed by atoms with van der Waals surface area (Å²) in [6.07, 6.45) is 2.37. The monoisotopic (exact) mass is 369 g/mol. The molecular formula is C17H24ClN3O4. The standard InChI is InChI=1S/C17H23N3O4.ClH/c1-23-15-9-11(4-6-13(15)20-8-2-3-16(20)21)19-17(22)14-7-5-12(10-18)24-14;/h4,6,9,12,14H,2-3,5,7-8,10,18H2,1H3,(H,19,22);1H/t12-,14+;/m1./s1. The molecule has 1 aromatic rings. The quantitative estimate of drug-likeness (QED) is 0.823. The minimum absolute atomic E-state index is 0. The van der Waals surface area contributed by atoms with Gasteiger partial charge in [-0.15, -0.1) is 12.4 Å². The van der Waals surface area contributed by atoms with Crippen LogP contribution in [0, 0.1) is 0 Å². The average molecular weight is 370 g/mol. The number of rotatable bonds is 5. The highest BCUT2D eigenvalue weighted by molar-refractivity contribution is 5.98. The first-order valence-corrected chi connectivity index (χ1v) is 8.27. The number of nitrogens with two attached hydrogens (primary N) is 1. The van der Waals surface area contributed by atoms with Crippen molar-refractivity contribution in [2.45, 2.75) is 37.9 Å². The van der Waals surface area contributed by atoms with Gasteiger partial charge in [-0.3, -0.25) is 9.59 Å². The highest BCUT2D eigenvalue weighted by Crippen LogP contribution is 2.34. The van der Waals surface area contributed by atoms with E-state index < -0.39 is 6.10 Å². The van der Waals surface area contributed by atoms with E-state index in [2.05, 4.69) is 5.32 Å². The molecule has 25 heavy (non-hydrogen) atoms. The third-order valence-corrected chi connectivity index (χ3v) is 4.47. The Hall–Kier alpha value is -1.83. The van der Waals surface area contributed by atoms with E-state index >= 15 is 0 Å². The minimum atomic E-state index is -0.468. The largest absolute Gasteiger partial charge is 0.494 e. The van der Waals surface area contributed by atoms with Crippen molar-refractivity contribution in [3.8, 4) is 5.75 Å². The van der Waals surface area contributed by atoms with Crippen LogP contribution in [0.3, 0.4) is 0 Å². The van der Waals surface area contributed by atoms with E-state index in [0.29, 0.717) is 37.4 Å². The number of methoxy groups -OCH3 is 1. The number of amides is 2. The first kappa shape index (κ1) is 19.5. The highest BCUT2D eigenvalue weighted by atomic mass is 35.5. The maximum absolute atomic E-state index is 12.3. The van der Waals surface area contributed by atoms with E-state index in [1.807, 2.05) is 0 Å². The lowest BCUT2D eigenvalue weighted by molar-refractivity contribution is -0.126. The van der Waals surface area contributed by atoms with Gasteiger partial charge in [0, 0.05) is 31.3 Å². The van der Waals surface area contributed by atoms with Crippen molar-refractivity contribution in [2.75, 3.05) is 30.4 Å². The van der Waals surface area contributed by atoms with Crippen LogP contribution in [-0.4, -0.2) is 44.2 Å². The minimum Gasteiger partial charge on any atom is -0.494 e. The second-order valence-corrected chi connectivity index (χ2v) is 6.08. The summed E-state index contributed by atoms with van der Waals surface area (Å²) in [5.74, 6) is 0.477. The van der Waals surface area contributed by atoms with Crippen molar-refractivity contribution >= 4 is 35.6 Å². The topological polar surface area (TPSA) is 93.9 Å². The number of benzene rings is 1. The fraction of sp³-hybridized carbons (Fsp3) is 0.529. The Morgan fingerprint density at radius 1 is 1.44 bits per heavy atom. The molecule has 0 radical (unpaired) electrons. The zero-order valence-corrected chi connectivity index (χ0v) is 15.0. The van der Waals surface area contributed by atoms with Crippen molar-refractivity contribution in [3.63, 3.8) is 0 Å². The van der Waals surface area contributed by atoms with Crippen molar-refractivity contribution < 1.29 is 19.1 Å². The Morgan fingerprint density at radius 2 is 2.24 bits per heavy atom. The van der Waals surface area contributed by atoms with E-state index in [0.717, 1.165) is 18.5 Å². The zero-order chi connectivity index (χ0) is 17.1. The average Bonchev–Trinajstić information content (AvgIpc) is 3.23. The molecule has 0 spiro atoms. The number of nitrogens with one attached hydrogen (secondary N) is 1. The zero-order valence-electron chi connectivity index (χ0n) is 14.2. The number of ether oxygens (including phenoxy) is 2. The molecule has 8 heteroatoms. The van der Waals surface area contributed by atoms with Gasteiger partial charge in [0.15, 0.2) is 0 Å². The molecule has 0 unspecified atom stereocenters. The van der Waals surface area contributed by atoms with Crippen LogP contribution in [0.4, 0.5) is 11.4 Å². The molecule has 1 aromatic carbocycles. The smallest absolute Gasteiger partial charge is 0.253 e. The molecule has 2 fully saturated rings. The number of hydrogen-bond acceptors (Lipinski definition) is 5. The van der Waals surface area contributed by atoms with E-state index in [4.69, 9.17) is 15.2 Å². The van der Waals surface area contributed by atoms with Crippen LogP contribution in [0.2, 0.25) is 0 Å². The third kappa shape index (κ3) is 4.23. The van der Waals surface area contributed by atoms with Crippen LogP contribution >= 0.6 is 12.4 Å². The van der Waals surface area contributed by atoms with Gasteiger partial charge in [0.1, 0.15) is 11.9 Å². The Labute approximate surface area is 153 Å². The van der Waals surface area contributed by atoms with Gasteiger partial charge in [-0.1, -0.05) is 0 Å². The molecule has 2 amide bonds. The lowest BCUT2D eigenvalue weighted by Crippen LogP contribution is -2.30. The molecule has 2 aliphatic heterocycles. The summed E-state index contributed by atoms with van der Waals surface area (Å²) >= 11 is 0. The summed E-state index contributed by atoms with van der Waals surface area (Å²) in [4.78, 5) is 25.9. The molecule has 7 nitrogen and oxygen atoms in total. The normalized spacial score (nSPS) is 22.6. The van der Waals surface area contributed by atoms with Crippen LogP contribution in [0.15, 0.2) is 18.2 Å². The predicted molar refractivity (Wildman–Crippen MR) is 97.4 cm³/mol. The number of anilines is 2. The van der Waals surface area contributed by atoms with E-state index in [-0.39, 0.29) is 30.3 Å². The van der Waals surface area contributed by atoms with Gasteiger partial charge >= 0.3 is 0 Å². The molecule has 3 N–H and O–H groups in total. The molecule has 2 heterocycles. The molecule has 2 atom stereocenters. The van der Waals surface area contributed by atoms with Crippen molar-refractivity contribution in [2.24, 2.45) is 5.73 Å². The summed E-state index contributed by atoms with van der Waals surface area (Å²) in [6.45, 7) is 1.12. The fourth-order valence-corrected chi connectivity index (χ4v) is 3.18. The van der Waals surface area contributed by atoms with Crippen LogP contribution in [0.1, 0.15) is 25.7 Å². The number of carbonyl (C=O) groups is 2. The van der Waals surface area contributed by atoms with Crippen LogP contribution < -0.4 is 20.7 Å². The lowest BCUT2D eigenvalue weighted by atomic mass is 10.2. The summed E-state index contributed by atoms with van der Waals surface area (Å²) in [6, 6.07) is 5.31.